The predicted octanol–water partition coefficient (Wildman–Crippen LogP) is 3.09. The number of carbonyl (C=O) groups is 1. The Balaban J connectivity index is 1.42. The molecule has 0 atom stereocenters. The molecular weight excluding hydrogens is 336 g/mol. The van der Waals surface area contributed by atoms with Crippen molar-refractivity contribution in [1.82, 2.24) is 19.4 Å². The topological polar surface area (TPSA) is 41.4 Å². The lowest BCUT2D eigenvalue weighted by molar-refractivity contribution is 0.0628. The van der Waals surface area contributed by atoms with Gasteiger partial charge in [0.2, 0.25) is 0 Å². The average molecular weight is 362 g/mol. The molecule has 140 valence electrons. The van der Waals surface area contributed by atoms with E-state index in [1.165, 1.54) is 5.56 Å². The molecule has 0 saturated carbocycles. The summed E-state index contributed by atoms with van der Waals surface area (Å²) in [5.74, 6) is 1.16. The number of aryl methyl sites for hydroxylation is 2. The summed E-state index contributed by atoms with van der Waals surface area (Å²) in [5.41, 5.74) is 4.04. The van der Waals surface area contributed by atoms with E-state index in [0.29, 0.717) is 0 Å². The van der Waals surface area contributed by atoms with Crippen molar-refractivity contribution in [2.24, 2.45) is 7.05 Å². The molecule has 1 aromatic heterocycles. The molecule has 1 aliphatic rings. The lowest BCUT2D eigenvalue weighted by Crippen LogP contribution is -2.48. The molecule has 0 N–H and O–H groups in total. The van der Waals surface area contributed by atoms with Crippen molar-refractivity contribution in [2.75, 3.05) is 26.2 Å². The number of nitrogens with zero attached hydrogens (tertiary/aromatic N) is 4. The van der Waals surface area contributed by atoms with Gasteiger partial charge < -0.3 is 9.47 Å². The number of fused-ring (bicyclic) bond motifs is 1. The van der Waals surface area contributed by atoms with Gasteiger partial charge in [0, 0.05) is 51.8 Å². The standard InChI is InChI=1S/C22H26N4O/c1-3-21-23-19-15-18(9-10-20(19)24(21)2)22(27)26-13-11-25(12-14-26)16-17-7-5-4-6-8-17/h4-10,15H,3,11-14,16H2,1-2H3. The maximum absolute atomic E-state index is 12.9. The fourth-order valence-electron chi connectivity index (χ4n) is 3.83. The van der Waals surface area contributed by atoms with E-state index in [1.807, 2.05) is 36.2 Å². The Morgan fingerprint density at radius 3 is 2.48 bits per heavy atom. The fourth-order valence-corrected chi connectivity index (χ4v) is 3.83. The predicted molar refractivity (Wildman–Crippen MR) is 108 cm³/mol. The van der Waals surface area contributed by atoms with E-state index >= 15 is 0 Å². The lowest BCUT2D eigenvalue weighted by atomic mass is 10.1. The minimum absolute atomic E-state index is 0.111. The van der Waals surface area contributed by atoms with E-state index < -0.39 is 0 Å². The third-order valence-corrected chi connectivity index (χ3v) is 5.45. The van der Waals surface area contributed by atoms with Gasteiger partial charge in [-0.15, -0.1) is 0 Å². The highest BCUT2D eigenvalue weighted by atomic mass is 16.2. The average Bonchev–Trinajstić information content (AvgIpc) is 3.04. The first-order valence-electron chi connectivity index (χ1n) is 9.66. The zero-order valence-corrected chi connectivity index (χ0v) is 16.1. The summed E-state index contributed by atoms with van der Waals surface area (Å²) < 4.78 is 2.10. The molecule has 5 heteroatoms. The molecule has 1 aliphatic heterocycles. The third-order valence-electron chi connectivity index (χ3n) is 5.45. The molecule has 3 aromatic rings. The summed E-state index contributed by atoms with van der Waals surface area (Å²) in [6, 6.07) is 16.4. The first-order valence-corrected chi connectivity index (χ1v) is 9.66. The largest absolute Gasteiger partial charge is 0.336 e. The maximum atomic E-state index is 12.9. The minimum Gasteiger partial charge on any atom is -0.336 e. The SMILES string of the molecule is CCc1nc2cc(C(=O)N3CCN(Cc4ccccc4)CC3)ccc2n1C. The van der Waals surface area contributed by atoms with Gasteiger partial charge in [-0.2, -0.15) is 0 Å². The Morgan fingerprint density at radius 1 is 1.04 bits per heavy atom. The summed E-state index contributed by atoms with van der Waals surface area (Å²) >= 11 is 0. The van der Waals surface area contributed by atoms with Gasteiger partial charge in [0.1, 0.15) is 5.82 Å². The van der Waals surface area contributed by atoms with Crippen molar-refractivity contribution in [3.8, 4) is 0 Å². The summed E-state index contributed by atoms with van der Waals surface area (Å²) in [6.07, 6.45) is 0.887. The number of carbonyl (C=O) groups excluding carboxylic acids is 1. The van der Waals surface area contributed by atoms with Crippen LogP contribution in [0.4, 0.5) is 0 Å². The van der Waals surface area contributed by atoms with Crippen molar-refractivity contribution in [1.29, 1.82) is 0 Å². The highest BCUT2D eigenvalue weighted by Crippen LogP contribution is 2.19. The van der Waals surface area contributed by atoms with Crippen molar-refractivity contribution >= 4 is 16.9 Å². The summed E-state index contributed by atoms with van der Waals surface area (Å²) in [6.45, 7) is 6.40. The Kier molecular flexibility index (Phi) is 4.94. The molecule has 0 bridgehead atoms. The van der Waals surface area contributed by atoms with E-state index in [2.05, 4.69) is 45.6 Å². The number of rotatable bonds is 4. The third kappa shape index (κ3) is 3.60. The Labute approximate surface area is 160 Å². The number of piperazine rings is 1. The van der Waals surface area contributed by atoms with Gasteiger partial charge in [-0.05, 0) is 23.8 Å². The van der Waals surface area contributed by atoms with Crippen LogP contribution in [-0.2, 0) is 20.0 Å². The first kappa shape index (κ1) is 17.7. The van der Waals surface area contributed by atoms with E-state index in [1.54, 1.807) is 0 Å². The van der Waals surface area contributed by atoms with Gasteiger partial charge in [0.05, 0.1) is 11.0 Å². The van der Waals surface area contributed by atoms with Crippen molar-refractivity contribution in [3.63, 3.8) is 0 Å². The van der Waals surface area contributed by atoms with Crippen molar-refractivity contribution in [3.05, 3.63) is 65.5 Å². The Morgan fingerprint density at radius 2 is 1.78 bits per heavy atom. The smallest absolute Gasteiger partial charge is 0.254 e. The van der Waals surface area contributed by atoms with Crippen LogP contribution in [0, 0.1) is 0 Å². The van der Waals surface area contributed by atoms with Gasteiger partial charge >= 0.3 is 0 Å². The minimum atomic E-state index is 0.111. The number of benzene rings is 2. The van der Waals surface area contributed by atoms with Crippen molar-refractivity contribution in [2.45, 2.75) is 19.9 Å². The molecule has 4 rings (SSSR count). The first-order chi connectivity index (χ1) is 13.2. The van der Waals surface area contributed by atoms with Crippen LogP contribution in [0.1, 0.15) is 28.7 Å². The second-order valence-electron chi connectivity index (χ2n) is 7.20. The van der Waals surface area contributed by atoms with Crippen LogP contribution in [0.5, 0.6) is 0 Å². The van der Waals surface area contributed by atoms with Gasteiger partial charge in [-0.25, -0.2) is 4.98 Å². The Hall–Kier alpha value is -2.66. The molecule has 0 radical (unpaired) electrons. The van der Waals surface area contributed by atoms with E-state index in [9.17, 15) is 4.79 Å². The molecule has 0 unspecified atom stereocenters. The fraction of sp³-hybridized carbons (Fsp3) is 0.364. The molecule has 27 heavy (non-hydrogen) atoms. The maximum Gasteiger partial charge on any atom is 0.254 e. The number of hydrogen-bond donors (Lipinski definition) is 0. The van der Waals surface area contributed by atoms with Crippen LogP contribution in [-0.4, -0.2) is 51.4 Å². The lowest BCUT2D eigenvalue weighted by Gasteiger charge is -2.34. The molecule has 1 fully saturated rings. The molecule has 2 heterocycles. The van der Waals surface area contributed by atoms with Gasteiger partial charge in [0.25, 0.3) is 5.91 Å². The Bertz CT molecular complexity index is 940. The summed E-state index contributed by atoms with van der Waals surface area (Å²) in [7, 11) is 2.03. The molecule has 5 nitrogen and oxygen atoms in total. The zero-order chi connectivity index (χ0) is 18.8. The second kappa shape index (κ2) is 7.53. The summed E-state index contributed by atoms with van der Waals surface area (Å²) in [4.78, 5) is 22.0. The molecular formula is C22H26N4O. The van der Waals surface area contributed by atoms with Crippen LogP contribution < -0.4 is 0 Å². The van der Waals surface area contributed by atoms with Crippen LogP contribution in [0.2, 0.25) is 0 Å². The second-order valence-corrected chi connectivity index (χ2v) is 7.20. The number of imidazole rings is 1. The van der Waals surface area contributed by atoms with Crippen LogP contribution in [0.25, 0.3) is 11.0 Å². The monoisotopic (exact) mass is 362 g/mol. The molecule has 1 amide bonds. The van der Waals surface area contributed by atoms with Gasteiger partial charge in [0.15, 0.2) is 0 Å². The number of hydrogen-bond acceptors (Lipinski definition) is 3. The summed E-state index contributed by atoms with van der Waals surface area (Å²) in [5, 5.41) is 0. The van der Waals surface area contributed by atoms with Crippen LogP contribution >= 0.6 is 0 Å². The quantitative estimate of drug-likeness (QED) is 0.716. The van der Waals surface area contributed by atoms with E-state index in [4.69, 9.17) is 0 Å². The van der Waals surface area contributed by atoms with E-state index in [0.717, 1.165) is 61.6 Å². The molecule has 0 spiro atoms. The van der Waals surface area contributed by atoms with Crippen molar-refractivity contribution < 1.29 is 4.79 Å². The zero-order valence-electron chi connectivity index (χ0n) is 16.1. The molecule has 2 aromatic carbocycles. The highest BCUT2D eigenvalue weighted by molar-refractivity contribution is 5.97. The molecule has 0 aliphatic carbocycles. The van der Waals surface area contributed by atoms with Crippen LogP contribution in [0.3, 0.4) is 0 Å². The molecule has 1 saturated heterocycles. The van der Waals surface area contributed by atoms with Gasteiger partial charge in [-0.3, -0.25) is 9.69 Å². The van der Waals surface area contributed by atoms with Crippen LogP contribution in [0.15, 0.2) is 48.5 Å². The normalized spacial score (nSPS) is 15.4. The van der Waals surface area contributed by atoms with E-state index in [-0.39, 0.29) is 5.91 Å². The van der Waals surface area contributed by atoms with Gasteiger partial charge in [-0.1, -0.05) is 37.3 Å². The highest BCUT2D eigenvalue weighted by Gasteiger charge is 2.22. The number of amides is 1. The number of aromatic nitrogens is 2.